The van der Waals surface area contributed by atoms with Crippen molar-refractivity contribution in [3.8, 4) is 0 Å². The van der Waals surface area contributed by atoms with E-state index in [-0.39, 0.29) is 47.3 Å². The predicted molar refractivity (Wildman–Crippen MR) is 201 cm³/mol. The van der Waals surface area contributed by atoms with Gasteiger partial charge in [0.15, 0.2) is 0 Å². The number of Topliss-reactive ketones (excluding diaryl/α,β-unsaturated/α-hetero) is 1. The molecule has 4 aliphatic rings. The Morgan fingerprint density at radius 3 is 2.13 bits per heavy atom. The number of likely N-dealkylation sites (N-methyl/N-ethyl adjacent to an activating group) is 1. The molecule has 0 spiro atoms. The summed E-state index contributed by atoms with van der Waals surface area (Å²) in [5.74, 6) is -3.71. The van der Waals surface area contributed by atoms with E-state index in [9.17, 15) is 33.6 Å². The van der Waals surface area contributed by atoms with Crippen LogP contribution in [-0.4, -0.2) is 102 Å². The molecule has 1 saturated heterocycles. The quantitative estimate of drug-likeness (QED) is 0.181. The molecule has 3 saturated carbocycles. The molecule has 1 heterocycles. The minimum Gasteiger partial charge on any atom is -0.347 e. The van der Waals surface area contributed by atoms with Crippen molar-refractivity contribution < 1.29 is 33.6 Å². The average Bonchev–Trinajstić information content (AvgIpc) is 3.98. The lowest BCUT2D eigenvalue weighted by Crippen LogP contribution is -2.61. The molecule has 5 rings (SSSR count). The fourth-order valence-electron chi connectivity index (χ4n) is 8.34. The number of likely N-dealkylation sites (tertiary alicyclic amines) is 1. The number of carbonyl (C=O) groups is 7. The van der Waals surface area contributed by atoms with Gasteiger partial charge in [-0.1, -0.05) is 76.3 Å². The van der Waals surface area contributed by atoms with Crippen molar-refractivity contribution in [1.29, 1.82) is 0 Å². The molecular weight excluding hydrogens is 690 g/mol. The molecule has 3 unspecified atom stereocenters. The third-order valence-electron chi connectivity index (χ3n) is 11.6. The summed E-state index contributed by atoms with van der Waals surface area (Å²) in [6.07, 6.45) is 6.54. The summed E-state index contributed by atoms with van der Waals surface area (Å²) in [6, 6.07) is 4.44. The van der Waals surface area contributed by atoms with E-state index in [0.29, 0.717) is 12.1 Å². The minimum atomic E-state index is -1.15. The molecule has 1 aliphatic heterocycles. The summed E-state index contributed by atoms with van der Waals surface area (Å²) >= 11 is 0. The van der Waals surface area contributed by atoms with Crippen LogP contribution in [0, 0.1) is 29.1 Å². The normalized spacial score (nSPS) is 23.5. The van der Waals surface area contributed by atoms with E-state index >= 15 is 0 Å². The number of nitrogens with one attached hydrogen (secondary N) is 5. The number of fused-ring (bicyclic) bond motifs is 1. The highest BCUT2D eigenvalue weighted by Gasteiger charge is 2.69. The number of amides is 7. The Bertz CT molecular complexity index is 1600. The number of benzene rings is 1. The Morgan fingerprint density at radius 1 is 0.889 bits per heavy atom. The van der Waals surface area contributed by atoms with E-state index < -0.39 is 65.8 Å². The van der Waals surface area contributed by atoms with E-state index in [0.717, 1.165) is 44.9 Å². The first kappa shape index (κ1) is 40.7. The number of hydrogen-bond acceptors (Lipinski definition) is 7. The predicted octanol–water partition coefficient (Wildman–Crippen LogP) is 2.43. The van der Waals surface area contributed by atoms with Crippen molar-refractivity contribution in [3.63, 3.8) is 0 Å². The lowest BCUT2D eigenvalue weighted by Gasteiger charge is -2.37. The molecule has 1 aromatic rings. The molecule has 0 radical (unpaired) electrons. The molecule has 1 aromatic carbocycles. The number of carbonyl (C=O) groups excluding carboxylic acids is 7. The van der Waals surface area contributed by atoms with Crippen LogP contribution in [0.5, 0.6) is 0 Å². The Hall–Kier alpha value is -4.49. The third-order valence-corrected chi connectivity index (χ3v) is 11.6. The van der Waals surface area contributed by atoms with Crippen LogP contribution in [0.3, 0.4) is 0 Å². The largest absolute Gasteiger partial charge is 0.347 e. The Labute approximate surface area is 318 Å². The van der Waals surface area contributed by atoms with Crippen LogP contribution in [-0.2, 0) is 28.8 Å². The molecule has 4 fully saturated rings. The Balaban J connectivity index is 1.27. The first-order valence-electron chi connectivity index (χ1n) is 19.5. The zero-order valence-electron chi connectivity index (χ0n) is 32.8. The molecule has 54 heavy (non-hydrogen) atoms. The maximum absolute atomic E-state index is 14.5. The van der Waals surface area contributed by atoms with E-state index in [2.05, 4.69) is 40.4 Å². The molecule has 3 aliphatic carbocycles. The van der Waals surface area contributed by atoms with Gasteiger partial charge in [-0.15, -0.1) is 0 Å². The van der Waals surface area contributed by atoms with Gasteiger partial charge in [0, 0.05) is 26.2 Å². The van der Waals surface area contributed by atoms with Gasteiger partial charge in [0.25, 0.3) is 5.91 Å². The van der Waals surface area contributed by atoms with Gasteiger partial charge in [0.05, 0.1) is 12.6 Å². The monoisotopic (exact) mass is 749 g/mol. The molecule has 5 N–H and O–H groups in total. The number of piperidine rings is 1. The first-order valence-corrected chi connectivity index (χ1v) is 19.5. The number of urea groups is 1. The summed E-state index contributed by atoms with van der Waals surface area (Å²) in [6.45, 7) is 9.54. The molecule has 6 atom stereocenters. The molecular formula is C40H59N7O7. The SMILES string of the molecule is CN(C)C(=O)C(NC(=O)CNC(=O)C(=O)C(CC1CC1)NC(=O)C1[C@@H]2[C@H](CN1C(=O)[C@@H](NC(=O)NC(C)(C)C)C1CCCCC1)C2(C)C)c1ccccc1. The number of nitrogens with zero attached hydrogens (tertiary/aromatic N) is 2. The number of ketones is 1. The van der Waals surface area contributed by atoms with E-state index in [4.69, 9.17) is 0 Å². The highest BCUT2D eigenvalue weighted by molar-refractivity contribution is 6.38. The van der Waals surface area contributed by atoms with E-state index in [1.165, 1.54) is 4.90 Å². The van der Waals surface area contributed by atoms with Crippen molar-refractivity contribution in [2.24, 2.45) is 29.1 Å². The zero-order chi connectivity index (χ0) is 39.5. The summed E-state index contributed by atoms with van der Waals surface area (Å²) in [5.41, 5.74) is -0.155. The average molecular weight is 750 g/mol. The smallest absolute Gasteiger partial charge is 0.315 e. The van der Waals surface area contributed by atoms with E-state index in [1.807, 2.05) is 20.8 Å². The molecule has 0 aromatic heterocycles. The lowest BCUT2D eigenvalue weighted by molar-refractivity contribution is -0.145. The zero-order valence-corrected chi connectivity index (χ0v) is 32.8. The van der Waals surface area contributed by atoms with Gasteiger partial charge in [0.1, 0.15) is 18.1 Å². The summed E-state index contributed by atoms with van der Waals surface area (Å²) in [5, 5.41) is 13.7. The number of hydrogen-bond donors (Lipinski definition) is 5. The van der Waals surface area contributed by atoms with Gasteiger partial charge >= 0.3 is 6.03 Å². The van der Waals surface area contributed by atoms with Crippen LogP contribution in [0.1, 0.15) is 97.6 Å². The van der Waals surface area contributed by atoms with Crippen LogP contribution < -0.4 is 26.6 Å². The van der Waals surface area contributed by atoms with Crippen LogP contribution in [0.2, 0.25) is 0 Å². The maximum atomic E-state index is 14.5. The highest BCUT2D eigenvalue weighted by Crippen LogP contribution is 2.65. The van der Waals surface area contributed by atoms with Gasteiger partial charge < -0.3 is 36.4 Å². The van der Waals surface area contributed by atoms with Crippen molar-refractivity contribution in [1.82, 2.24) is 36.4 Å². The molecule has 14 heteroatoms. The third kappa shape index (κ3) is 9.78. The molecule has 7 amide bonds. The van der Waals surface area contributed by atoms with Crippen molar-refractivity contribution in [3.05, 3.63) is 35.9 Å². The minimum absolute atomic E-state index is 0.0697. The van der Waals surface area contributed by atoms with Crippen LogP contribution in [0.15, 0.2) is 30.3 Å². The van der Waals surface area contributed by atoms with Crippen LogP contribution in [0.25, 0.3) is 0 Å². The second kappa shape index (κ2) is 16.5. The Kier molecular flexibility index (Phi) is 12.4. The van der Waals surface area contributed by atoms with Crippen LogP contribution >= 0.6 is 0 Å². The lowest BCUT2D eigenvalue weighted by atomic mass is 9.83. The standard InChI is InChI=1S/C40H59N7O7/c1-39(2,3)45-38(54)44-31(25-16-12-9-13-17-25)37(53)47-22-26-29(40(26,4)5)32(47)34(50)42-27(20-23-18-19-23)33(49)35(51)41-21-28(48)43-30(36(52)46(6)7)24-14-10-8-11-15-24/h8,10-11,14-15,23,25-27,29-32H,9,12-13,16-22H2,1-7H3,(H,41,51)(H,42,50)(H,43,48)(H2,44,45,54)/t26-,27?,29-,30?,31-,32?/m0/s1. The topological polar surface area (TPSA) is 186 Å². The molecule has 0 bridgehead atoms. The van der Waals surface area contributed by atoms with Gasteiger partial charge in [-0.2, -0.15) is 0 Å². The fourth-order valence-corrected chi connectivity index (χ4v) is 8.34. The van der Waals surface area contributed by atoms with Crippen LogP contribution in [0.4, 0.5) is 4.79 Å². The second-order valence-electron chi connectivity index (χ2n) is 17.5. The highest BCUT2D eigenvalue weighted by atomic mass is 16.2. The molecule has 296 valence electrons. The second-order valence-corrected chi connectivity index (χ2v) is 17.5. The van der Waals surface area contributed by atoms with Crippen molar-refractivity contribution >= 4 is 41.4 Å². The van der Waals surface area contributed by atoms with Gasteiger partial charge in [-0.05, 0) is 74.7 Å². The van der Waals surface area contributed by atoms with Gasteiger partial charge in [-0.25, -0.2) is 4.79 Å². The summed E-state index contributed by atoms with van der Waals surface area (Å²) in [4.78, 5) is 97.5. The summed E-state index contributed by atoms with van der Waals surface area (Å²) in [7, 11) is 3.14. The maximum Gasteiger partial charge on any atom is 0.315 e. The fraction of sp³-hybridized carbons (Fsp3) is 0.675. The molecule has 14 nitrogen and oxygen atoms in total. The van der Waals surface area contributed by atoms with Gasteiger partial charge in [0.2, 0.25) is 29.4 Å². The Morgan fingerprint density at radius 2 is 1.54 bits per heavy atom. The van der Waals surface area contributed by atoms with Gasteiger partial charge in [-0.3, -0.25) is 28.8 Å². The van der Waals surface area contributed by atoms with Crippen molar-refractivity contribution in [2.75, 3.05) is 27.2 Å². The number of rotatable bonds is 14. The summed E-state index contributed by atoms with van der Waals surface area (Å²) < 4.78 is 0. The van der Waals surface area contributed by atoms with E-state index in [1.54, 1.807) is 49.3 Å². The first-order chi connectivity index (χ1) is 25.4. The van der Waals surface area contributed by atoms with Crippen molar-refractivity contribution in [2.45, 2.75) is 116 Å².